The zero-order valence-corrected chi connectivity index (χ0v) is 12.2. The molecule has 0 spiro atoms. The molecule has 0 unspecified atom stereocenters. The normalized spacial score (nSPS) is 17.2. The molecule has 4 heteroatoms. The molecule has 3 nitrogen and oxygen atoms in total. The lowest BCUT2D eigenvalue weighted by atomic mass is 9.98. The highest BCUT2D eigenvalue weighted by Gasteiger charge is 2.19. The number of rotatable bonds is 4. The van der Waals surface area contributed by atoms with Crippen LogP contribution in [-0.4, -0.2) is 43.4 Å². The van der Waals surface area contributed by atoms with E-state index in [0.717, 1.165) is 37.7 Å². The van der Waals surface area contributed by atoms with E-state index in [9.17, 15) is 0 Å². The van der Waals surface area contributed by atoms with Gasteiger partial charge in [-0.2, -0.15) is 0 Å². The molecule has 0 radical (unpaired) electrons. The first-order chi connectivity index (χ1) is 9.31. The van der Waals surface area contributed by atoms with Crippen molar-refractivity contribution in [2.24, 2.45) is 5.92 Å². The summed E-state index contributed by atoms with van der Waals surface area (Å²) < 4.78 is 5.22. The predicted octanol–water partition coefficient (Wildman–Crippen LogP) is 1.95. The van der Waals surface area contributed by atoms with Crippen molar-refractivity contribution in [1.82, 2.24) is 4.90 Å². The highest BCUT2D eigenvalue weighted by Crippen LogP contribution is 2.21. The van der Waals surface area contributed by atoms with E-state index in [-0.39, 0.29) is 6.61 Å². The summed E-state index contributed by atoms with van der Waals surface area (Å²) in [6, 6.07) is 2.13. The molecule has 1 saturated heterocycles. The minimum absolute atomic E-state index is 0.0712. The van der Waals surface area contributed by atoms with Crippen molar-refractivity contribution >= 4 is 11.3 Å². The Balaban J connectivity index is 1.80. The summed E-state index contributed by atoms with van der Waals surface area (Å²) in [5.74, 6) is 6.37. The van der Waals surface area contributed by atoms with Gasteiger partial charge in [-0.15, -0.1) is 11.3 Å². The average Bonchev–Trinajstić information content (AvgIpc) is 2.87. The number of likely N-dealkylation sites (tertiary alicyclic amines) is 1. The predicted molar refractivity (Wildman–Crippen MR) is 78.2 cm³/mol. The van der Waals surface area contributed by atoms with Gasteiger partial charge in [0.15, 0.2) is 0 Å². The molecule has 1 aromatic rings. The standard InChI is InChI=1S/C15H21NO2S/c1-18-11-13-4-6-16(7-5-13)10-15-9-14(12-19-15)3-2-8-17/h9,12-13,17H,4-8,10-11H2,1H3. The third kappa shape index (κ3) is 4.63. The van der Waals surface area contributed by atoms with Crippen LogP contribution < -0.4 is 0 Å². The smallest absolute Gasteiger partial charge is 0.104 e. The van der Waals surface area contributed by atoms with Crippen LogP contribution in [0.25, 0.3) is 0 Å². The van der Waals surface area contributed by atoms with E-state index >= 15 is 0 Å². The molecule has 19 heavy (non-hydrogen) atoms. The number of thiophene rings is 1. The minimum Gasteiger partial charge on any atom is -0.384 e. The molecule has 1 aliphatic heterocycles. The molecule has 1 aliphatic rings. The first-order valence-electron chi connectivity index (χ1n) is 6.70. The van der Waals surface area contributed by atoms with Crippen molar-refractivity contribution < 1.29 is 9.84 Å². The second-order valence-electron chi connectivity index (χ2n) is 4.94. The molecule has 2 rings (SSSR count). The molecule has 0 aliphatic carbocycles. The molecule has 1 aromatic heterocycles. The summed E-state index contributed by atoms with van der Waals surface area (Å²) in [4.78, 5) is 3.86. The van der Waals surface area contributed by atoms with Gasteiger partial charge in [0, 0.05) is 36.1 Å². The van der Waals surface area contributed by atoms with Gasteiger partial charge in [0.2, 0.25) is 0 Å². The molecule has 0 amide bonds. The number of aliphatic hydroxyl groups is 1. The maximum absolute atomic E-state index is 8.68. The Labute approximate surface area is 119 Å². The fourth-order valence-corrected chi connectivity index (χ4v) is 3.30. The van der Waals surface area contributed by atoms with Crippen molar-refractivity contribution in [2.45, 2.75) is 19.4 Å². The van der Waals surface area contributed by atoms with Gasteiger partial charge in [-0.3, -0.25) is 4.90 Å². The van der Waals surface area contributed by atoms with Crippen LogP contribution >= 0.6 is 11.3 Å². The van der Waals surface area contributed by atoms with Crippen LogP contribution in [0.5, 0.6) is 0 Å². The first kappa shape index (κ1) is 14.5. The quantitative estimate of drug-likeness (QED) is 0.855. The summed E-state index contributed by atoms with van der Waals surface area (Å²) >= 11 is 1.75. The highest BCUT2D eigenvalue weighted by atomic mass is 32.1. The van der Waals surface area contributed by atoms with Crippen LogP contribution in [0.15, 0.2) is 11.4 Å². The topological polar surface area (TPSA) is 32.7 Å². The highest BCUT2D eigenvalue weighted by molar-refractivity contribution is 7.10. The maximum Gasteiger partial charge on any atom is 0.104 e. The second-order valence-corrected chi connectivity index (χ2v) is 5.93. The number of aliphatic hydroxyl groups excluding tert-OH is 1. The van der Waals surface area contributed by atoms with Crippen LogP contribution in [0, 0.1) is 17.8 Å². The largest absolute Gasteiger partial charge is 0.384 e. The van der Waals surface area contributed by atoms with Crippen LogP contribution in [0.4, 0.5) is 0 Å². The molecule has 0 atom stereocenters. The molecule has 0 aromatic carbocycles. The van der Waals surface area contributed by atoms with Gasteiger partial charge in [-0.25, -0.2) is 0 Å². The summed E-state index contributed by atoms with van der Waals surface area (Å²) in [6.07, 6.45) is 2.47. The molecule has 104 valence electrons. The number of methoxy groups -OCH3 is 1. The van der Waals surface area contributed by atoms with E-state index in [1.807, 2.05) is 0 Å². The molecular formula is C15H21NO2S. The Hall–Kier alpha value is -0.860. The summed E-state index contributed by atoms with van der Waals surface area (Å²) in [7, 11) is 1.78. The number of piperidine rings is 1. The Morgan fingerprint density at radius 1 is 1.47 bits per heavy atom. The van der Waals surface area contributed by atoms with Crippen molar-refractivity contribution in [3.63, 3.8) is 0 Å². The summed E-state index contributed by atoms with van der Waals surface area (Å²) in [6.45, 7) is 4.16. The van der Waals surface area contributed by atoms with Crippen molar-refractivity contribution in [3.8, 4) is 11.8 Å². The molecule has 1 fully saturated rings. The minimum atomic E-state index is -0.0712. The average molecular weight is 279 g/mol. The fourth-order valence-electron chi connectivity index (χ4n) is 2.44. The number of hydrogen-bond acceptors (Lipinski definition) is 4. The SMILES string of the molecule is COCC1CCN(Cc2cc(C#CCO)cs2)CC1. The third-order valence-corrected chi connectivity index (χ3v) is 4.38. The lowest BCUT2D eigenvalue weighted by Gasteiger charge is -2.31. The van der Waals surface area contributed by atoms with Crippen LogP contribution in [-0.2, 0) is 11.3 Å². The second kappa shape index (κ2) is 7.66. The number of hydrogen-bond donors (Lipinski definition) is 1. The van der Waals surface area contributed by atoms with E-state index in [4.69, 9.17) is 9.84 Å². The summed E-state index contributed by atoms with van der Waals surface area (Å²) in [5.41, 5.74) is 1.02. The van der Waals surface area contributed by atoms with E-state index in [0.29, 0.717) is 0 Å². The van der Waals surface area contributed by atoms with Crippen molar-refractivity contribution in [2.75, 3.05) is 33.4 Å². The Bertz CT molecular complexity index is 438. The molecular weight excluding hydrogens is 258 g/mol. The zero-order chi connectivity index (χ0) is 13.5. The van der Waals surface area contributed by atoms with Gasteiger partial charge < -0.3 is 9.84 Å². The monoisotopic (exact) mass is 279 g/mol. The van der Waals surface area contributed by atoms with E-state index in [2.05, 4.69) is 28.2 Å². The van der Waals surface area contributed by atoms with Crippen molar-refractivity contribution in [1.29, 1.82) is 0 Å². The fraction of sp³-hybridized carbons (Fsp3) is 0.600. The molecule has 2 heterocycles. The lowest BCUT2D eigenvalue weighted by molar-refractivity contribution is 0.0972. The van der Waals surface area contributed by atoms with Gasteiger partial charge in [0.05, 0.1) is 0 Å². The Morgan fingerprint density at radius 2 is 2.26 bits per heavy atom. The zero-order valence-electron chi connectivity index (χ0n) is 11.4. The molecule has 0 bridgehead atoms. The van der Waals surface area contributed by atoms with Crippen LogP contribution in [0.3, 0.4) is 0 Å². The number of nitrogens with zero attached hydrogens (tertiary/aromatic N) is 1. The van der Waals surface area contributed by atoms with Crippen LogP contribution in [0.2, 0.25) is 0 Å². The van der Waals surface area contributed by atoms with Gasteiger partial charge in [-0.05, 0) is 37.9 Å². The Morgan fingerprint density at radius 3 is 2.95 bits per heavy atom. The first-order valence-corrected chi connectivity index (χ1v) is 7.58. The third-order valence-electron chi connectivity index (χ3n) is 3.45. The van der Waals surface area contributed by atoms with Crippen LogP contribution in [0.1, 0.15) is 23.3 Å². The number of ether oxygens (including phenoxy) is 1. The van der Waals surface area contributed by atoms with E-state index in [1.54, 1.807) is 18.4 Å². The molecule has 0 saturated carbocycles. The van der Waals surface area contributed by atoms with Gasteiger partial charge in [-0.1, -0.05) is 11.8 Å². The summed E-state index contributed by atoms with van der Waals surface area (Å²) in [5, 5.41) is 10.7. The lowest BCUT2D eigenvalue weighted by Crippen LogP contribution is -2.34. The maximum atomic E-state index is 8.68. The Kier molecular flexibility index (Phi) is 5.87. The van der Waals surface area contributed by atoms with Gasteiger partial charge >= 0.3 is 0 Å². The van der Waals surface area contributed by atoms with Gasteiger partial charge in [0.1, 0.15) is 6.61 Å². The van der Waals surface area contributed by atoms with Gasteiger partial charge in [0.25, 0.3) is 0 Å². The van der Waals surface area contributed by atoms with Crippen molar-refractivity contribution in [3.05, 3.63) is 21.9 Å². The van der Waals surface area contributed by atoms with E-state index < -0.39 is 0 Å². The van der Waals surface area contributed by atoms with E-state index in [1.165, 1.54) is 17.7 Å². The molecule has 1 N–H and O–H groups in total.